The zero-order valence-electron chi connectivity index (χ0n) is 13.7. The van der Waals surface area contributed by atoms with Gasteiger partial charge in [0.25, 0.3) is 11.6 Å². The minimum absolute atomic E-state index is 0.209. The van der Waals surface area contributed by atoms with Crippen molar-refractivity contribution < 1.29 is 18.0 Å². The molecule has 0 aromatic carbocycles. The van der Waals surface area contributed by atoms with Crippen molar-refractivity contribution >= 4 is 5.91 Å². The largest absolute Gasteiger partial charge is 0.437 e. The molecule has 1 saturated heterocycles. The molecule has 26 heavy (non-hydrogen) atoms. The summed E-state index contributed by atoms with van der Waals surface area (Å²) >= 11 is 0. The average Bonchev–Trinajstić information content (AvgIpc) is 3.11. The molecule has 12 heteroatoms. The summed E-state index contributed by atoms with van der Waals surface area (Å²) < 4.78 is 40.9. The molecule has 0 atom stereocenters. The summed E-state index contributed by atoms with van der Waals surface area (Å²) in [6, 6.07) is 3.34. The molecule has 2 aromatic rings. The van der Waals surface area contributed by atoms with Crippen LogP contribution in [0.3, 0.4) is 0 Å². The molecule has 1 amide bonds. The van der Waals surface area contributed by atoms with E-state index in [1.54, 1.807) is 28.6 Å². The zero-order valence-corrected chi connectivity index (χ0v) is 13.7. The Hall–Kier alpha value is -2.79. The van der Waals surface area contributed by atoms with Gasteiger partial charge in [-0.3, -0.25) is 4.79 Å². The number of aromatic amines is 1. The first kappa shape index (κ1) is 16.7. The predicted molar refractivity (Wildman–Crippen MR) is 80.9 cm³/mol. The number of halogens is 3. The fraction of sp³-hybridized carbons (Fsp3) is 0.571. The summed E-state index contributed by atoms with van der Waals surface area (Å²) in [6.45, 7) is 0.462. The van der Waals surface area contributed by atoms with Crippen LogP contribution in [0.2, 0.25) is 0 Å². The second kappa shape index (κ2) is 5.61. The monoisotopic (exact) mass is 368 g/mol. The van der Waals surface area contributed by atoms with E-state index in [1.807, 2.05) is 0 Å². The van der Waals surface area contributed by atoms with Crippen molar-refractivity contribution in [2.75, 3.05) is 13.1 Å². The van der Waals surface area contributed by atoms with E-state index in [2.05, 4.69) is 30.9 Å². The quantitative estimate of drug-likeness (QED) is 0.892. The molecule has 2 aliphatic rings. The van der Waals surface area contributed by atoms with Crippen LogP contribution in [0.5, 0.6) is 0 Å². The lowest BCUT2D eigenvalue weighted by Crippen LogP contribution is -2.47. The van der Waals surface area contributed by atoms with Crippen molar-refractivity contribution in [3.8, 4) is 11.5 Å². The molecule has 138 valence electrons. The van der Waals surface area contributed by atoms with Gasteiger partial charge in [-0.1, -0.05) is 0 Å². The maximum atomic E-state index is 13.1. The van der Waals surface area contributed by atoms with Crippen molar-refractivity contribution in [1.29, 1.82) is 0 Å². The highest BCUT2D eigenvalue weighted by Gasteiger charge is 2.68. The molecule has 0 bridgehead atoms. The highest BCUT2D eigenvalue weighted by atomic mass is 19.4. The summed E-state index contributed by atoms with van der Waals surface area (Å²) in [5.41, 5.74) is -1.23. The number of aromatic nitrogens is 5. The number of hydrogen-bond acceptors (Lipinski definition) is 6. The Morgan fingerprint density at radius 1 is 1.27 bits per heavy atom. The van der Waals surface area contributed by atoms with Gasteiger partial charge >= 0.3 is 6.18 Å². The topological polar surface area (TPSA) is 104 Å². The smallest absolute Gasteiger partial charge is 0.337 e. The number of carbonyl (C=O) groups excluding carboxylic acids is 1. The van der Waals surface area contributed by atoms with Gasteiger partial charge in [0.05, 0.1) is 5.69 Å². The molecule has 2 aliphatic heterocycles. The number of nitrogens with zero attached hydrogens (tertiary/aromatic N) is 7. The number of rotatable bonds is 3. The normalized spacial score (nSPS) is 19.8. The zero-order chi connectivity index (χ0) is 18.5. The summed E-state index contributed by atoms with van der Waals surface area (Å²) in [7, 11) is 1.70. The lowest BCUT2D eigenvalue weighted by molar-refractivity contribution is -0.179. The first-order valence-corrected chi connectivity index (χ1v) is 8.03. The number of likely N-dealkylation sites (tertiary alicyclic amines) is 1. The van der Waals surface area contributed by atoms with Crippen molar-refractivity contribution in [3.05, 3.63) is 17.8 Å². The van der Waals surface area contributed by atoms with Crippen LogP contribution < -0.4 is 0 Å². The molecule has 0 saturated carbocycles. The molecule has 0 unspecified atom stereocenters. The number of carbonyl (C=O) groups is 1. The van der Waals surface area contributed by atoms with E-state index in [0.29, 0.717) is 17.2 Å². The van der Waals surface area contributed by atoms with Gasteiger partial charge in [0.2, 0.25) is 5.82 Å². The first-order valence-electron chi connectivity index (χ1n) is 8.03. The van der Waals surface area contributed by atoms with Gasteiger partial charge in [-0.25, -0.2) is 0 Å². The molecular formula is C14H15F3N8O. The first-order chi connectivity index (χ1) is 12.3. The number of amides is 1. The number of nitrogens with one attached hydrogen (secondary N) is 1. The van der Waals surface area contributed by atoms with Gasteiger partial charge in [-0.05, 0) is 30.2 Å². The molecule has 2 aromatic heterocycles. The number of hydrogen-bond donors (Lipinski definition) is 1. The highest BCUT2D eigenvalue weighted by Crippen LogP contribution is 2.52. The van der Waals surface area contributed by atoms with Gasteiger partial charge < -0.3 is 9.47 Å². The molecule has 4 rings (SSSR count). The lowest BCUT2D eigenvalue weighted by Gasteiger charge is -2.34. The van der Waals surface area contributed by atoms with Crippen LogP contribution in [0.15, 0.2) is 22.4 Å². The molecule has 0 aliphatic carbocycles. The van der Waals surface area contributed by atoms with Gasteiger partial charge in [0.15, 0.2) is 0 Å². The Labute approximate surface area is 145 Å². The van der Waals surface area contributed by atoms with E-state index in [9.17, 15) is 18.0 Å². The summed E-state index contributed by atoms with van der Waals surface area (Å²) in [5, 5.41) is 20.1. The van der Waals surface area contributed by atoms with Crippen LogP contribution in [0.4, 0.5) is 13.2 Å². The molecule has 0 radical (unpaired) electrons. The fourth-order valence-corrected chi connectivity index (χ4v) is 3.43. The summed E-state index contributed by atoms with van der Waals surface area (Å²) in [6.07, 6.45) is -4.05. The molecule has 9 nitrogen and oxygen atoms in total. The molecular weight excluding hydrogens is 353 g/mol. The number of H-pyrrole nitrogens is 1. The van der Waals surface area contributed by atoms with E-state index < -0.39 is 17.8 Å². The third kappa shape index (κ3) is 2.47. The van der Waals surface area contributed by atoms with Gasteiger partial charge in [0.1, 0.15) is 5.69 Å². The number of tetrazole rings is 1. The Morgan fingerprint density at radius 3 is 2.50 bits per heavy atom. The van der Waals surface area contributed by atoms with Crippen LogP contribution in [-0.2, 0) is 7.05 Å². The molecule has 1 fully saturated rings. The van der Waals surface area contributed by atoms with Crippen LogP contribution in [0.1, 0.15) is 23.3 Å². The third-order valence-corrected chi connectivity index (χ3v) is 5.00. The SMILES string of the molecule is Cn1c(C(=O)N2CCC(C3(C(F)(F)F)N=N3)CC2)ccc1-c1nn[nH]n1. The van der Waals surface area contributed by atoms with Gasteiger partial charge in [0, 0.05) is 26.1 Å². The predicted octanol–water partition coefficient (Wildman–Crippen LogP) is 1.78. The van der Waals surface area contributed by atoms with Crippen molar-refractivity contribution in [3.63, 3.8) is 0 Å². The number of piperidine rings is 1. The lowest BCUT2D eigenvalue weighted by atomic mass is 9.86. The average molecular weight is 368 g/mol. The molecule has 0 spiro atoms. The van der Waals surface area contributed by atoms with Crippen molar-refractivity contribution in [2.45, 2.75) is 24.7 Å². The standard InChI is InChI=1S/C14H15F3N8O/c1-24-9(11-18-22-23-19-11)2-3-10(24)12(26)25-6-4-8(5-7-25)13(20-21-13)14(15,16)17/h2-3,8H,4-7H2,1H3,(H,18,19,22,23). The minimum atomic E-state index is -4.47. The Bertz CT molecular complexity index is 842. The maximum Gasteiger partial charge on any atom is 0.437 e. The second-order valence-corrected chi connectivity index (χ2v) is 6.39. The van der Waals surface area contributed by atoms with Gasteiger partial charge in [-0.2, -0.15) is 18.4 Å². The Morgan fingerprint density at radius 2 is 1.96 bits per heavy atom. The van der Waals surface area contributed by atoms with Crippen LogP contribution >= 0.6 is 0 Å². The fourth-order valence-electron chi connectivity index (χ4n) is 3.43. The Balaban J connectivity index is 1.45. The van der Waals surface area contributed by atoms with Crippen LogP contribution in [0, 0.1) is 5.92 Å². The second-order valence-electron chi connectivity index (χ2n) is 6.39. The van der Waals surface area contributed by atoms with E-state index in [1.165, 1.54) is 0 Å². The highest BCUT2D eigenvalue weighted by molar-refractivity contribution is 5.93. The van der Waals surface area contributed by atoms with Crippen molar-refractivity contribution in [2.24, 2.45) is 23.2 Å². The third-order valence-electron chi connectivity index (χ3n) is 5.00. The minimum Gasteiger partial charge on any atom is -0.337 e. The van der Waals surface area contributed by atoms with E-state index in [4.69, 9.17) is 0 Å². The maximum absolute atomic E-state index is 13.1. The van der Waals surface area contributed by atoms with E-state index in [-0.39, 0.29) is 31.8 Å². The molecule has 4 heterocycles. The van der Waals surface area contributed by atoms with Gasteiger partial charge in [-0.15, -0.1) is 20.4 Å². The summed E-state index contributed by atoms with van der Waals surface area (Å²) in [5.74, 6) is -0.601. The number of alkyl halides is 3. The molecule has 1 N–H and O–H groups in total. The van der Waals surface area contributed by atoms with Crippen LogP contribution in [0.25, 0.3) is 11.5 Å². The van der Waals surface area contributed by atoms with Crippen LogP contribution in [-0.4, -0.2) is 60.9 Å². The van der Waals surface area contributed by atoms with Crippen molar-refractivity contribution in [1.82, 2.24) is 30.1 Å². The Kier molecular flexibility index (Phi) is 3.59. The van der Waals surface area contributed by atoms with E-state index >= 15 is 0 Å². The summed E-state index contributed by atoms with van der Waals surface area (Å²) in [4.78, 5) is 14.3. The van der Waals surface area contributed by atoms with E-state index in [0.717, 1.165) is 0 Å².